The number of anilines is 3. The SMILES string of the molecule is O=[N+]([O-])c1c(NCc2ccc3c(c2)OCO3)ncnc1Nc1ccccc1. The molecule has 1 aliphatic heterocycles. The van der Waals surface area contributed by atoms with Gasteiger partial charge in [0.1, 0.15) is 6.33 Å². The van der Waals surface area contributed by atoms with Gasteiger partial charge in [0.15, 0.2) is 11.5 Å². The number of nitro groups is 1. The van der Waals surface area contributed by atoms with Gasteiger partial charge in [-0.15, -0.1) is 0 Å². The molecule has 0 spiro atoms. The van der Waals surface area contributed by atoms with E-state index in [1.54, 1.807) is 18.2 Å². The van der Waals surface area contributed by atoms with E-state index in [0.717, 1.165) is 5.56 Å². The summed E-state index contributed by atoms with van der Waals surface area (Å²) in [4.78, 5) is 19.1. The summed E-state index contributed by atoms with van der Waals surface area (Å²) in [6, 6.07) is 14.6. The van der Waals surface area contributed by atoms with Crippen LogP contribution >= 0.6 is 0 Å². The minimum atomic E-state index is -0.507. The largest absolute Gasteiger partial charge is 0.454 e. The quantitative estimate of drug-likeness (QED) is 0.504. The highest BCUT2D eigenvalue weighted by molar-refractivity contribution is 5.73. The minimum Gasteiger partial charge on any atom is -0.454 e. The Bertz CT molecular complexity index is 981. The van der Waals surface area contributed by atoms with Crippen LogP contribution in [0.15, 0.2) is 54.9 Å². The number of hydrogen-bond donors (Lipinski definition) is 2. The van der Waals surface area contributed by atoms with Crippen molar-refractivity contribution in [1.82, 2.24) is 9.97 Å². The van der Waals surface area contributed by atoms with E-state index in [9.17, 15) is 10.1 Å². The Morgan fingerprint density at radius 1 is 1.04 bits per heavy atom. The van der Waals surface area contributed by atoms with Gasteiger partial charge in [0.05, 0.1) is 4.92 Å². The zero-order valence-corrected chi connectivity index (χ0v) is 14.1. The summed E-state index contributed by atoms with van der Waals surface area (Å²) in [6.45, 7) is 0.525. The fraction of sp³-hybridized carbons (Fsp3) is 0.111. The van der Waals surface area contributed by atoms with Crippen LogP contribution in [0.3, 0.4) is 0 Å². The van der Waals surface area contributed by atoms with E-state index >= 15 is 0 Å². The summed E-state index contributed by atoms with van der Waals surface area (Å²) in [5.41, 5.74) is 1.35. The molecule has 0 amide bonds. The summed E-state index contributed by atoms with van der Waals surface area (Å²) in [6.07, 6.45) is 1.28. The highest BCUT2D eigenvalue weighted by atomic mass is 16.7. The van der Waals surface area contributed by atoms with Crippen LogP contribution < -0.4 is 20.1 Å². The number of hydrogen-bond acceptors (Lipinski definition) is 8. The lowest BCUT2D eigenvalue weighted by atomic mass is 10.2. The Labute approximate surface area is 154 Å². The molecule has 3 aromatic rings. The Morgan fingerprint density at radius 2 is 1.81 bits per heavy atom. The molecule has 2 heterocycles. The molecule has 0 saturated carbocycles. The molecule has 0 saturated heterocycles. The van der Waals surface area contributed by atoms with Gasteiger partial charge in [-0.25, -0.2) is 9.97 Å². The van der Waals surface area contributed by atoms with Crippen molar-refractivity contribution in [3.8, 4) is 11.5 Å². The third kappa shape index (κ3) is 3.56. The lowest BCUT2D eigenvalue weighted by molar-refractivity contribution is -0.383. The average molecular weight is 365 g/mol. The van der Waals surface area contributed by atoms with Crippen molar-refractivity contribution >= 4 is 23.0 Å². The molecule has 4 rings (SSSR count). The molecule has 0 aliphatic carbocycles. The Hall–Kier alpha value is -3.88. The molecule has 2 N–H and O–H groups in total. The van der Waals surface area contributed by atoms with Gasteiger partial charge in [-0.1, -0.05) is 24.3 Å². The van der Waals surface area contributed by atoms with E-state index in [1.807, 2.05) is 30.3 Å². The molecular formula is C18H15N5O4. The molecule has 136 valence electrons. The second kappa shape index (κ2) is 7.16. The number of nitrogens with zero attached hydrogens (tertiary/aromatic N) is 3. The molecule has 2 aromatic carbocycles. The van der Waals surface area contributed by atoms with Gasteiger partial charge in [0.2, 0.25) is 18.4 Å². The van der Waals surface area contributed by atoms with Crippen molar-refractivity contribution in [2.75, 3.05) is 17.4 Å². The number of para-hydroxylation sites is 1. The van der Waals surface area contributed by atoms with Gasteiger partial charge in [0.25, 0.3) is 0 Å². The van der Waals surface area contributed by atoms with Crippen molar-refractivity contribution in [2.24, 2.45) is 0 Å². The maximum absolute atomic E-state index is 11.6. The Morgan fingerprint density at radius 3 is 2.63 bits per heavy atom. The van der Waals surface area contributed by atoms with Crippen molar-refractivity contribution < 1.29 is 14.4 Å². The van der Waals surface area contributed by atoms with Gasteiger partial charge in [-0.3, -0.25) is 10.1 Å². The van der Waals surface area contributed by atoms with Gasteiger partial charge < -0.3 is 20.1 Å². The molecular weight excluding hydrogens is 350 g/mol. The van der Waals surface area contributed by atoms with Crippen molar-refractivity contribution in [3.63, 3.8) is 0 Å². The van der Waals surface area contributed by atoms with Crippen LogP contribution in [0.25, 0.3) is 0 Å². The molecule has 0 radical (unpaired) electrons. The molecule has 1 aromatic heterocycles. The monoisotopic (exact) mass is 365 g/mol. The van der Waals surface area contributed by atoms with Crippen molar-refractivity contribution in [3.05, 3.63) is 70.5 Å². The van der Waals surface area contributed by atoms with E-state index in [-0.39, 0.29) is 24.1 Å². The topological polar surface area (TPSA) is 111 Å². The minimum absolute atomic E-state index is 0.120. The molecule has 9 nitrogen and oxygen atoms in total. The fourth-order valence-corrected chi connectivity index (χ4v) is 2.67. The molecule has 1 aliphatic rings. The maximum atomic E-state index is 11.6. The van der Waals surface area contributed by atoms with Crippen LogP contribution in [0.5, 0.6) is 11.5 Å². The number of fused-ring (bicyclic) bond motifs is 1. The van der Waals surface area contributed by atoms with Gasteiger partial charge in [-0.05, 0) is 29.8 Å². The van der Waals surface area contributed by atoms with Gasteiger partial charge in [0, 0.05) is 12.2 Å². The first kappa shape index (κ1) is 16.6. The second-order valence-electron chi connectivity index (χ2n) is 5.71. The summed E-state index contributed by atoms with van der Waals surface area (Å²) in [5, 5.41) is 17.6. The molecule has 27 heavy (non-hydrogen) atoms. The summed E-state index contributed by atoms with van der Waals surface area (Å²) in [5.74, 6) is 1.58. The van der Waals surface area contributed by atoms with Gasteiger partial charge in [-0.2, -0.15) is 0 Å². The van der Waals surface area contributed by atoms with Crippen LogP contribution in [-0.4, -0.2) is 21.7 Å². The second-order valence-corrected chi connectivity index (χ2v) is 5.71. The molecule has 9 heteroatoms. The smallest absolute Gasteiger partial charge is 0.353 e. The van der Waals surface area contributed by atoms with Crippen molar-refractivity contribution in [2.45, 2.75) is 6.54 Å². The lowest BCUT2D eigenvalue weighted by Gasteiger charge is -2.10. The third-order valence-corrected chi connectivity index (χ3v) is 3.94. The highest BCUT2D eigenvalue weighted by Crippen LogP contribution is 2.34. The number of nitrogens with one attached hydrogen (secondary N) is 2. The predicted molar refractivity (Wildman–Crippen MR) is 98.3 cm³/mol. The number of benzene rings is 2. The Balaban J connectivity index is 1.57. The standard InChI is InChI=1S/C18H15N5O4/c24-23(25)16-17(19-9-12-6-7-14-15(8-12)27-11-26-14)20-10-21-18(16)22-13-4-2-1-3-5-13/h1-8,10H,9,11H2,(H2,19,20,21,22). The van der Waals surface area contributed by atoms with E-state index in [0.29, 0.717) is 23.7 Å². The third-order valence-electron chi connectivity index (χ3n) is 3.94. The Kier molecular flexibility index (Phi) is 4.40. The van der Waals surface area contributed by atoms with Crippen LogP contribution in [-0.2, 0) is 6.54 Å². The number of rotatable bonds is 6. The van der Waals surface area contributed by atoms with Crippen molar-refractivity contribution in [1.29, 1.82) is 0 Å². The van der Waals surface area contributed by atoms with E-state index in [4.69, 9.17) is 9.47 Å². The van der Waals surface area contributed by atoms with E-state index in [1.165, 1.54) is 6.33 Å². The first-order valence-corrected chi connectivity index (χ1v) is 8.14. The summed E-state index contributed by atoms with van der Waals surface area (Å²) < 4.78 is 10.6. The maximum Gasteiger partial charge on any atom is 0.353 e. The highest BCUT2D eigenvalue weighted by Gasteiger charge is 2.23. The number of aromatic nitrogens is 2. The number of ether oxygens (including phenoxy) is 2. The molecule has 0 atom stereocenters. The van der Waals surface area contributed by atoms with Crippen LogP contribution in [0, 0.1) is 10.1 Å². The normalized spacial score (nSPS) is 11.9. The predicted octanol–water partition coefficient (Wildman–Crippen LogP) is 3.47. The summed E-state index contributed by atoms with van der Waals surface area (Å²) >= 11 is 0. The first-order valence-electron chi connectivity index (χ1n) is 8.14. The molecule has 0 bridgehead atoms. The molecule has 0 unspecified atom stereocenters. The van der Waals surface area contributed by atoms with Crippen LogP contribution in [0.1, 0.15) is 5.56 Å². The first-order chi connectivity index (χ1) is 13.2. The van der Waals surface area contributed by atoms with E-state index < -0.39 is 4.92 Å². The van der Waals surface area contributed by atoms with E-state index in [2.05, 4.69) is 20.6 Å². The summed E-state index contributed by atoms with van der Waals surface area (Å²) in [7, 11) is 0. The van der Waals surface area contributed by atoms with Gasteiger partial charge >= 0.3 is 5.69 Å². The zero-order valence-electron chi connectivity index (χ0n) is 14.1. The van der Waals surface area contributed by atoms with Crippen LogP contribution in [0.4, 0.5) is 23.0 Å². The van der Waals surface area contributed by atoms with Crippen LogP contribution in [0.2, 0.25) is 0 Å². The molecule has 0 fully saturated rings. The zero-order chi connectivity index (χ0) is 18.6. The fourth-order valence-electron chi connectivity index (χ4n) is 2.67. The lowest BCUT2D eigenvalue weighted by Crippen LogP contribution is -2.08. The average Bonchev–Trinajstić information content (AvgIpc) is 3.15.